The molecule has 0 aliphatic heterocycles. The van der Waals surface area contributed by atoms with E-state index in [1.165, 1.54) is 15.6 Å². The van der Waals surface area contributed by atoms with Gasteiger partial charge >= 0.3 is 0 Å². The Labute approximate surface area is 83.2 Å². The second kappa shape index (κ2) is 2.85. The fraction of sp³-hybridized carbons (Fsp3) is 0.333. The Balaban J connectivity index is 2.72. The molecule has 0 saturated heterocycles. The molecular formula is C12H14S. The molecule has 1 heteroatoms. The Bertz CT molecular complexity index is 418. The zero-order chi connectivity index (χ0) is 9.47. The van der Waals surface area contributed by atoms with Crippen LogP contribution in [0.5, 0.6) is 0 Å². The average molecular weight is 190 g/mol. The molecule has 0 aliphatic carbocycles. The van der Waals surface area contributed by atoms with E-state index in [9.17, 15) is 0 Å². The third kappa shape index (κ3) is 1.49. The number of hydrogen-bond donors (Lipinski definition) is 0. The highest BCUT2D eigenvalue weighted by molar-refractivity contribution is 7.11. The largest absolute Gasteiger partial charge is 0.147 e. The van der Waals surface area contributed by atoms with Gasteiger partial charge in [0.1, 0.15) is 0 Å². The molecule has 0 spiro atoms. The first-order chi connectivity index (χ1) is 6.09. The summed E-state index contributed by atoms with van der Waals surface area (Å²) in [6, 6.07) is 8.61. The Morgan fingerprint density at radius 1 is 1.08 bits per heavy atom. The topological polar surface area (TPSA) is 0 Å². The quantitative estimate of drug-likeness (QED) is 0.584. The van der Waals surface area contributed by atoms with Crippen molar-refractivity contribution in [2.45, 2.75) is 26.2 Å². The molecular weight excluding hydrogens is 176 g/mol. The first-order valence-corrected chi connectivity index (χ1v) is 5.44. The number of fused-ring (bicyclic) bond motifs is 1. The maximum atomic E-state index is 2.27. The summed E-state index contributed by atoms with van der Waals surface area (Å²) < 4.78 is 0. The van der Waals surface area contributed by atoms with Crippen molar-refractivity contribution in [1.29, 1.82) is 0 Å². The molecule has 1 aromatic carbocycles. The molecule has 0 saturated carbocycles. The van der Waals surface area contributed by atoms with E-state index in [4.69, 9.17) is 0 Å². The standard InChI is InChI=1S/C12H14S/c1-12(2,3)11-10-7-5-4-6-9(10)8-13-11/h4-8H,1-3H3. The van der Waals surface area contributed by atoms with Gasteiger partial charge in [-0.3, -0.25) is 0 Å². The third-order valence-electron chi connectivity index (χ3n) is 2.19. The van der Waals surface area contributed by atoms with Crippen LogP contribution < -0.4 is 0 Å². The lowest BCUT2D eigenvalue weighted by Crippen LogP contribution is -2.08. The molecule has 0 atom stereocenters. The van der Waals surface area contributed by atoms with Gasteiger partial charge in [0.15, 0.2) is 0 Å². The predicted molar refractivity (Wildman–Crippen MR) is 60.5 cm³/mol. The van der Waals surface area contributed by atoms with Gasteiger partial charge in [0.2, 0.25) is 0 Å². The van der Waals surface area contributed by atoms with Crippen molar-refractivity contribution in [1.82, 2.24) is 0 Å². The normalized spacial score (nSPS) is 12.2. The predicted octanol–water partition coefficient (Wildman–Crippen LogP) is 4.20. The minimum atomic E-state index is 0.272. The minimum Gasteiger partial charge on any atom is -0.147 e. The molecule has 0 N–H and O–H groups in total. The van der Waals surface area contributed by atoms with Crippen LogP contribution in [0.25, 0.3) is 10.8 Å². The van der Waals surface area contributed by atoms with Crippen LogP contribution in [-0.4, -0.2) is 0 Å². The Morgan fingerprint density at radius 2 is 1.77 bits per heavy atom. The van der Waals surface area contributed by atoms with Gasteiger partial charge in [0, 0.05) is 4.88 Å². The first-order valence-electron chi connectivity index (χ1n) is 4.56. The van der Waals surface area contributed by atoms with Crippen LogP contribution in [0.2, 0.25) is 0 Å². The second-order valence-electron chi connectivity index (χ2n) is 4.40. The van der Waals surface area contributed by atoms with Crippen molar-refractivity contribution in [3.05, 3.63) is 34.5 Å². The smallest absolute Gasteiger partial charge is 0.0177 e. The summed E-state index contributed by atoms with van der Waals surface area (Å²) in [6.07, 6.45) is 0. The van der Waals surface area contributed by atoms with E-state index in [0.29, 0.717) is 0 Å². The molecule has 0 bridgehead atoms. The van der Waals surface area contributed by atoms with Gasteiger partial charge in [-0.2, -0.15) is 0 Å². The zero-order valence-electron chi connectivity index (χ0n) is 8.29. The van der Waals surface area contributed by atoms with E-state index >= 15 is 0 Å². The molecule has 0 radical (unpaired) electrons. The van der Waals surface area contributed by atoms with Crippen LogP contribution >= 0.6 is 11.3 Å². The van der Waals surface area contributed by atoms with E-state index < -0.39 is 0 Å². The molecule has 0 nitrogen and oxygen atoms in total. The zero-order valence-corrected chi connectivity index (χ0v) is 9.11. The molecule has 0 unspecified atom stereocenters. The lowest BCUT2D eigenvalue weighted by Gasteiger charge is -2.16. The van der Waals surface area contributed by atoms with E-state index in [-0.39, 0.29) is 5.41 Å². The highest BCUT2D eigenvalue weighted by Gasteiger charge is 2.17. The van der Waals surface area contributed by atoms with Crippen molar-refractivity contribution < 1.29 is 0 Å². The number of rotatable bonds is 0. The number of thiophene rings is 1. The molecule has 68 valence electrons. The Morgan fingerprint density at radius 3 is 2.46 bits per heavy atom. The molecule has 2 rings (SSSR count). The van der Waals surface area contributed by atoms with Gasteiger partial charge < -0.3 is 0 Å². The van der Waals surface area contributed by atoms with E-state index in [2.05, 4.69) is 50.4 Å². The fourth-order valence-electron chi connectivity index (χ4n) is 1.57. The van der Waals surface area contributed by atoms with Crippen LogP contribution in [0, 0.1) is 0 Å². The maximum Gasteiger partial charge on any atom is 0.0177 e. The SMILES string of the molecule is CC(C)(C)c1scc2ccccc12. The molecule has 1 aromatic heterocycles. The van der Waals surface area contributed by atoms with Gasteiger partial charge in [-0.05, 0) is 21.6 Å². The summed E-state index contributed by atoms with van der Waals surface area (Å²) in [5, 5.41) is 5.04. The third-order valence-corrected chi connectivity index (χ3v) is 3.63. The van der Waals surface area contributed by atoms with Gasteiger partial charge in [0.25, 0.3) is 0 Å². The summed E-state index contributed by atoms with van der Waals surface area (Å²) >= 11 is 1.87. The first kappa shape index (κ1) is 8.76. The van der Waals surface area contributed by atoms with E-state index in [1.54, 1.807) is 0 Å². The summed E-state index contributed by atoms with van der Waals surface area (Å²) in [5.41, 5.74) is 0.272. The molecule has 0 aliphatic rings. The van der Waals surface area contributed by atoms with Crippen LogP contribution in [0.15, 0.2) is 29.6 Å². The van der Waals surface area contributed by atoms with Gasteiger partial charge in [0.05, 0.1) is 0 Å². The van der Waals surface area contributed by atoms with Crippen LogP contribution in [-0.2, 0) is 5.41 Å². The fourth-order valence-corrected chi connectivity index (χ4v) is 2.69. The maximum absolute atomic E-state index is 2.27. The van der Waals surface area contributed by atoms with Crippen LogP contribution in [0.4, 0.5) is 0 Å². The van der Waals surface area contributed by atoms with Crippen molar-refractivity contribution in [2.75, 3.05) is 0 Å². The Kier molecular flexibility index (Phi) is 1.92. The average Bonchev–Trinajstić information content (AvgIpc) is 2.45. The second-order valence-corrected chi connectivity index (χ2v) is 5.28. The molecule has 1 heterocycles. The summed E-state index contributed by atoms with van der Waals surface area (Å²) in [4.78, 5) is 1.49. The van der Waals surface area contributed by atoms with Crippen molar-refractivity contribution in [3.8, 4) is 0 Å². The molecule has 2 aromatic rings. The Hall–Kier alpha value is -0.820. The van der Waals surface area contributed by atoms with E-state index in [0.717, 1.165) is 0 Å². The van der Waals surface area contributed by atoms with Gasteiger partial charge in [-0.25, -0.2) is 0 Å². The van der Waals surface area contributed by atoms with Crippen molar-refractivity contribution in [2.24, 2.45) is 0 Å². The number of hydrogen-bond acceptors (Lipinski definition) is 1. The van der Waals surface area contributed by atoms with Gasteiger partial charge in [-0.1, -0.05) is 45.0 Å². The molecule has 13 heavy (non-hydrogen) atoms. The lowest BCUT2D eigenvalue weighted by atomic mass is 9.92. The molecule has 0 fully saturated rings. The van der Waals surface area contributed by atoms with Crippen LogP contribution in [0.3, 0.4) is 0 Å². The van der Waals surface area contributed by atoms with Crippen molar-refractivity contribution >= 4 is 22.1 Å². The summed E-state index contributed by atoms with van der Waals surface area (Å²) in [5.74, 6) is 0. The van der Waals surface area contributed by atoms with E-state index in [1.807, 2.05) is 11.3 Å². The molecule has 0 amide bonds. The lowest BCUT2D eigenvalue weighted by molar-refractivity contribution is 0.609. The van der Waals surface area contributed by atoms with Crippen LogP contribution in [0.1, 0.15) is 25.6 Å². The highest BCUT2D eigenvalue weighted by Crippen LogP contribution is 2.35. The van der Waals surface area contributed by atoms with Crippen molar-refractivity contribution in [3.63, 3.8) is 0 Å². The van der Waals surface area contributed by atoms with Gasteiger partial charge in [-0.15, -0.1) is 11.3 Å². The monoisotopic (exact) mass is 190 g/mol. The number of benzene rings is 1. The highest BCUT2D eigenvalue weighted by atomic mass is 32.1. The summed E-state index contributed by atoms with van der Waals surface area (Å²) in [6.45, 7) is 6.81. The summed E-state index contributed by atoms with van der Waals surface area (Å²) in [7, 11) is 0. The minimum absolute atomic E-state index is 0.272.